The van der Waals surface area contributed by atoms with Gasteiger partial charge in [0, 0.05) is 18.9 Å². The van der Waals surface area contributed by atoms with Crippen LogP contribution >= 0.6 is 0 Å². The zero-order valence-electron chi connectivity index (χ0n) is 8.59. The molecule has 0 saturated carbocycles. The van der Waals surface area contributed by atoms with Crippen LogP contribution in [-0.2, 0) is 9.59 Å². The second-order valence-electron chi connectivity index (χ2n) is 3.20. The monoisotopic (exact) mass is 223 g/mol. The Labute approximate surface area is 92.5 Å². The fourth-order valence-corrected chi connectivity index (χ4v) is 1.11. The van der Waals surface area contributed by atoms with E-state index in [1.165, 1.54) is 6.20 Å². The molecule has 0 aliphatic rings. The Bertz CT molecular complexity index is 367. The third-order valence-corrected chi connectivity index (χ3v) is 1.96. The molecule has 1 amide bonds. The van der Waals surface area contributed by atoms with E-state index >= 15 is 0 Å². The molecule has 1 heterocycles. The second kappa shape index (κ2) is 5.82. The number of pyridine rings is 1. The summed E-state index contributed by atoms with van der Waals surface area (Å²) in [5, 5.41) is 10.8. The molecule has 0 radical (unpaired) electrons. The van der Waals surface area contributed by atoms with Crippen molar-refractivity contribution in [2.45, 2.75) is 12.5 Å². The maximum Gasteiger partial charge on any atom is 0.305 e. The van der Waals surface area contributed by atoms with Gasteiger partial charge < -0.3 is 16.2 Å². The van der Waals surface area contributed by atoms with Gasteiger partial charge in [-0.3, -0.25) is 14.6 Å². The molecular formula is C10H13N3O3. The van der Waals surface area contributed by atoms with Gasteiger partial charge in [-0.25, -0.2) is 0 Å². The van der Waals surface area contributed by atoms with Crippen LogP contribution in [0.15, 0.2) is 24.5 Å². The Morgan fingerprint density at radius 3 is 2.88 bits per heavy atom. The number of carboxylic acids is 1. The predicted octanol–water partition coefficient (Wildman–Crippen LogP) is -0.328. The number of carboxylic acid groups (broad SMARTS) is 1. The number of hydrogen-bond acceptors (Lipinski definition) is 4. The van der Waals surface area contributed by atoms with Crippen molar-refractivity contribution in [2.75, 3.05) is 6.54 Å². The number of carbonyl (C=O) groups is 2. The van der Waals surface area contributed by atoms with E-state index in [-0.39, 0.29) is 13.0 Å². The summed E-state index contributed by atoms with van der Waals surface area (Å²) in [6.07, 6.45) is 2.96. The zero-order chi connectivity index (χ0) is 12.0. The molecule has 0 spiro atoms. The van der Waals surface area contributed by atoms with E-state index in [1.807, 2.05) is 0 Å². The molecule has 6 heteroatoms. The lowest BCUT2D eigenvalue weighted by atomic mass is 10.1. The quantitative estimate of drug-likeness (QED) is 0.634. The van der Waals surface area contributed by atoms with Gasteiger partial charge in [-0.2, -0.15) is 0 Å². The normalized spacial score (nSPS) is 11.8. The van der Waals surface area contributed by atoms with Gasteiger partial charge in [-0.1, -0.05) is 6.07 Å². The van der Waals surface area contributed by atoms with Gasteiger partial charge in [0.05, 0.1) is 6.42 Å². The molecule has 0 fully saturated rings. The number of amides is 1. The second-order valence-corrected chi connectivity index (χ2v) is 3.20. The largest absolute Gasteiger partial charge is 0.481 e. The molecule has 1 atom stereocenters. The van der Waals surface area contributed by atoms with Crippen LogP contribution in [0.2, 0.25) is 0 Å². The van der Waals surface area contributed by atoms with E-state index in [4.69, 9.17) is 10.8 Å². The number of nitrogens with zero attached hydrogens (tertiary/aromatic N) is 1. The molecule has 1 aromatic heterocycles. The number of nitrogens with one attached hydrogen (secondary N) is 1. The topological polar surface area (TPSA) is 105 Å². The van der Waals surface area contributed by atoms with Crippen LogP contribution in [0.3, 0.4) is 0 Å². The van der Waals surface area contributed by atoms with E-state index in [9.17, 15) is 9.59 Å². The molecule has 1 rings (SSSR count). The summed E-state index contributed by atoms with van der Waals surface area (Å²) in [7, 11) is 0. The van der Waals surface area contributed by atoms with E-state index in [1.54, 1.807) is 18.3 Å². The SMILES string of the molecule is NC(C(=O)NCCC(=O)O)c1cccnc1. The van der Waals surface area contributed by atoms with Crippen LogP contribution in [0, 0.1) is 0 Å². The van der Waals surface area contributed by atoms with Crippen LogP contribution in [0.25, 0.3) is 0 Å². The lowest BCUT2D eigenvalue weighted by Gasteiger charge is -2.11. The van der Waals surface area contributed by atoms with Crippen LogP contribution in [0.1, 0.15) is 18.0 Å². The van der Waals surface area contributed by atoms with Gasteiger partial charge in [0.2, 0.25) is 5.91 Å². The summed E-state index contributed by atoms with van der Waals surface area (Å²) < 4.78 is 0. The fraction of sp³-hybridized carbons (Fsp3) is 0.300. The molecule has 0 saturated heterocycles. The first kappa shape index (κ1) is 12.1. The maximum atomic E-state index is 11.5. The maximum absolute atomic E-state index is 11.5. The summed E-state index contributed by atoms with van der Waals surface area (Å²) in [5.41, 5.74) is 6.25. The number of aliphatic carboxylic acids is 1. The van der Waals surface area contributed by atoms with Gasteiger partial charge in [0.1, 0.15) is 6.04 Å². The number of hydrogen-bond donors (Lipinski definition) is 3. The third-order valence-electron chi connectivity index (χ3n) is 1.96. The lowest BCUT2D eigenvalue weighted by molar-refractivity contribution is -0.136. The van der Waals surface area contributed by atoms with E-state index in [0.717, 1.165) is 0 Å². The van der Waals surface area contributed by atoms with E-state index in [2.05, 4.69) is 10.3 Å². The highest BCUT2D eigenvalue weighted by atomic mass is 16.4. The molecule has 0 bridgehead atoms. The predicted molar refractivity (Wildman–Crippen MR) is 56.4 cm³/mol. The van der Waals surface area contributed by atoms with Crippen molar-refractivity contribution in [3.8, 4) is 0 Å². The summed E-state index contributed by atoms with van der Waals surface area (Å²) in [4.78, 5) is 25.5. The summed E-state index contributed by atoms with van der Waals surface area (Å²) in [6, 6.07) is 2.55. The highest BCUT2D eigenvalue weighted by molar-refractivity contribution is 5.83. The van der Waals surface area contributed by atoms with E-state index < -0.39 is 17.9 Å². The van der Waals surface area contributed by atoms with Gasteiger partial charge in [0.15, 0.2) is 0 Å². The first-order valence-electron chi connectivity index (χ1n) is 4.76. The van der Waals surface area contributed by atoms with Crippen molar-refractivity contribution in [3.05, 3.63) is 30.1 Å². The average molecular weight is 223 g/mol. The average Bonchev–Trinajstić information content (AvgIpc) is 2.28. The lowest BCUT2D eigenvalue weighted by Crippen LogP contribution is -2.35. The molecule has 1 unspecified atom stereocenters. The van der Waals surface area contributed by atoms with Crippen molar-refractivity contribution in [2.24, 2.45) is 5.73 Å². The Balaban J connectivity index is 2.45. The molecule has 4 N–H and O–H groups in total. The van der Waals surface area contributed by atoms with Crippen LogP contribution in [-0.4, -0.2) is 28.5 Å². The number of carbonyl (C=O) groups excluding carboxylic acids is 1. The fourth-order valence-electron chi connectivity index (χ4n) is 1.11. The third kappa shape index (κ3) is 3.66. The molecule has 0 aromatic carbocycles. The minimum absolute atomic E-state index is 0.0716. The number of nitrogens with two attached hydrogens (primary N) is 1. The highest BCUT2D eigenvalue weighted by Crippen LogP contribution is 2.07. The Morgan fingerprint density at radius 2 is 2.31 bits per heavy atom. The van der Waals surface area contributed by atoms with Crippen LogP contribution < -0.4 is 11.1 Å². The summed E-state index contributed by atoms with van der Waals surface area (Å²) in [5.74, 6) is -1.37. The molecular weight excluding hydrogens is 210 g/mol. The molecule has 6 nitrogen and oxygen atoms in total. The highest BCUT2D eigenvalue weighted by Gasteiger charge is 2.15. The zero-order valence-corrected chi connectivity index (χ0v) is 8.59. The smallest absolute Gasteiger partial charge is 0.305 e. The molecule has 0 aliphatic heterocycles. The Hall–Kier alpha value is -1.95. The molecule has 86 valence electrons. The van der Waals surface area contributed by atoms with Crippen molar-refractivity contribution in [1.29, 1.82) is 0 Å². The Morgan fingerprint density at radius 1 is 1.56 bits per heavy atom. The van der Waals surface area contributed by atoms with Crippen LogP contribution in [0.4, 0.5) is 0 Å². The molecule has 1 aromatic rings. The number of aromatic nitrogens is 1. The van der Waals surface area contributed by atoms with Crippen LogP contribution in [0.5, 0.6) is 0 Å². The van der Waals surface area contributed by atoms with Gasteiger partial charge in [-0.05, 0) is 11.6 Å². The Kier molecular flexibility index (Phi) is 4.41. The van der Waals surface area contributed by atoms with Gasteiger partial charge >= 0.3 is 5.97 Å². The van der Waals surface area contributed by atoms with Crippen molar-refractivity contribution in [3.63, 3.8) is 0 Å². The summed E-state index contributed by atoms with van der Waals surface area (Å²) >= 11 is 0. The van der Waals surface area contributed by atoms with Crippen molar-refractivity contribution in [1.82, 2.24) is 10.3 Å². The molecule has 16 heavy (non-hydrogen) atoms. The first-order valence-corrected chi connectivity index (χ1v) is 4.76. The first-order chi connectivity index (χ1) is 7.61. The van der Waals surface area contributed by atoms with Crippen molar-refractivity contribution >= 4 is 11.9 Å². The molecule has 0 aliphatic carbocycles. The minimum Gasteiger partial charge on any atom is -0.481 e. The van der Waals surface area contributed by atoms with Gasteiger partial charge in [-0.15, -0.1) is 0 Å². The standard InChI is InChI=1S/C10H13N3O3/c11-9(7-2-1-4-12-6-7)10(16)13-5-3-8(14)15/h1-2,4,6,9H,3,5,11H2,(H,13,16)(H,14,15). The number of rotatable bonds is 5. The van der Waals surface area contributed by atoms with E-state index in [0.29, 0.717) is 5.56 Å². The minimum atomic E-state index is -0.963. The van der Waals surface area contributed by atoms with Crippen molar-refractivity contribution < 1.29 is 14.7 Å². The summed E-state index contributed by atoms with van der Waals surface area (Å²) in [6.45, 7) is 0.0716. The van der Waals surface area contributed by atoms with Gasteiger partial charge in [0.25, 0.3) is 0 Å².